The highest BCUT2D eigenvalue weighted by Crippen LogP contribution is 2.27. The number of carbonyl (C=O) groups is 2. The molecule has 98 valence electrons. The van der Waals surface area contributed by atoms with Gasteiger partial charge in [0.05, 0.1) is 23.9 Å². The lowest BCUT2D eigenvalue weighted by molar-refractivity contribution is -0.112. The maximum atomic E-state index is 11.5. The van der Waals surface area contributed by atoms with Crippen LogP contribution in [0.1, 0.15) is 22.0 Å². The number of fused-ring (bicyclic) bond motifs is 1. The predicted molar refractivity (Wildman–Crippen MR) is 64.4 cm³/mol. The summed E-state index contributed by atoms with van der Waals surface area (Å²) in [5.41, 5.74) is 8.92. The molecule has 1 aliphatic rings. The summed E-state index contributed by atoms with van der Waals surface area (Å²) in [6.07, 6.45) is -2.59. The summed E-state index contributed by atoms with van der Waals surface area (Å²) in [5.74, 6) is -1.41. The highest BCUT2D eigenvalue weighted by atomic mass is 16.3. The molecular weight excluding hydrogens is 252 g/mol. The van der Waals surface area contributed by atoms with E-state index in [9.17, 15) is 19.8 Å². The van der Waals surface area contributed by atoms with Crippen molar-refractivity contribution in [3.8, 4) is 0 Å². The van der Waals surface area contributed by atoms with Crippen LogP contribution < -0.4 is 5.32 Å². The number of azide groups is 1. The van der Waals surface area contributed by atoms with Gasteiger partial charge in [0.15, 0.2) is 0 Å². The molecule has 2 atom stereocenters. The van der Waals surface area contributed by atoms with Gasteiger partial charge >= 0.3 is 0 Å². The number of benzene rings is 1. The molecule has 0 bridgehead atoms. The van der Waals surface area contributed by atoms with E-state index in [1.807, 2.05) is 0 Å². The molecule has 19 heavy (non-hydrogen) atoms. The minimum absolute atomic E-state index is 0.150. The molecule has 1 aliphatic heterocycles. The van der Waals surface area contributed by atoms with Gasteiger partial charge in [0.1, 0.15) is 6.10 Å². The first kappa shape index (κ1) is 13.0. The van der Waals surface area contributed by atoms with Crippen LogP contribution in [-0.4, -0.2) is 34.6 Å². The Balaban J connectivity index is 2.25. The van der Waals surface area contributed by atoms with Crippen molar-refractivity contribution >= 4 is 17.4 Å². The van der Waals surface area contributed by atoms with E-state index in [0.717, 1.165) is 0 Å². The number of hydrogen-bond donors (Lipinski definition) is 3. The van der Waals surface area contributed by atoms with Crippen molar-refractivity contribution in [3.05, 3.63) is 39.8 Å². The van der Waals surface area contributed by atoms with Crippen LogP contribution in [0.5, 0.6) is 0 Å². The van der Waals surface area contributed by atoms with Crippen molar-refractivity contribution in [2.45, 2.75) is 12.2 Å². The fourth-order valence-electron chi connectivity index (χ4n) is 1.79. The van der Waals surface area contributed by atoms with Gasteiger partial charge in [-0.2, -0.15) is 0 Å². The number of aliphatic hydroxyl groups is 2. The molecule has 0 spiro atoms. The smallest absolute Gasteiger partial charge is 0.296 e. The molecule has 8 nitrogen and oxygen atoms in total. The van der Waals surface area contributed by atoms with E-state index in [1.54, 1.807) is 0 Å². The van der Waals surface area contributed by atoms with Gasteiger partial charge < -0.3 is 15.5 Å². The molecule has 0 radical (unpaired) electrons. The van der Waals surface area contributed by atoms with Gasteiger partial charge in [-0.3, -0.25) is 9.59 Å². The molecule has 3 N–H and O–H groups in total. The number of hydrogen-bond acceptors (Lipinski definition) is 5. The SMILES string of the molecule is [N-]=[N+]=NCC(O)C(O)c1ccc2c(c1)C(=O)C(=O)N2. The number of nitrogens with zero attached hydrogens (tertiary/aromatic N) is 3. The number of amides is 1. The quantitative estimate of drug-likeness (QED) is 0.315. The van der Waals surface area contributed by atoms with Crippen LogP contribution in [0.2, 0.25) is 0 Å². The average molecular weight is 262 g/mol. The zero-order chi connectivity index (χ0) is 14.0. The highest BCUT2D eigenvalue weighted by molar-refractivity contribution is 6.51. The van der Waals surface area contributed by atoms with Gasteiger partial charge in [-0.15, -0.1) is 0 Å². The van der Waals surface area contributed by atoms with Crippen molar-refractivity contribution in [1.29, 1.82) is 0 Å². The molecule has 1 aromatic rings. The first-order valence-electron chi connectivity index (χ1n) is 5.41. The third-order valence-electron chi connectivity index (χ3n) is 2.78. The van der Waals surface area contributed by atoms with E-state index in [1.165, 1.54) is 18.2 Å². The second-order valence-electron chi connectivity index (χ2n) is 4.01. The van der Waals surface area contributed by atoms with Gasteiger partial charge in [0.25, 0.3) is 11.7 Å². The average Bonchev–Trinajstić information content (AvgIpc) is 2.70. The molecular formula is C11H10N4O4. The van der Waals surface area contributed by atoms with E-state index in [2.05, 4.69) is 15.3 Å². The fourth-order valence-corrected chi connectivity index (χ4v) is 1.79. The summed E-state index contributed by atoms with van der Waals surface area (Å²) < 4.78 is 0. The van der Waals surface area contributed by atoms with E-state index in [-0.39, 0.29) is 17.7 Å². The number of rotatable bonds is 4. The van der Waals surface area contributed by atoms with Gasteiger partial charge in [-0.1, -0.05) is 11.2 Å². The number of carbonyl (C=O) groups excluding carboxylic acids is 2. The molecule has 0 fully saturated rings. The lowest BCUT2D eigenvalue weighted by Crippen LogP contribution is -2.21. The van der Waals surface area contributed by atoms with Crippen LogP contribution in [0, 0.1) is 0 Å². The van der Waals surface area contributed by atoms with Crippen LogP contribution in [0.3, 0.4) is 0 Å². The number of nitrogens with one attached hydrogen (secondary N) is 1. The molecule has 1 heterocycles. The Hall–Kier alpha value is -2.41. The number of Topliss-reactive ketones (excluding diaryl/α,β-unsaturated/α-hetero) is 1. The standard InChI is InChI=1S/C11H10N4O4/c12-15-13-4-8(16)9(17)5-1-2-7-6(3-5)10(18)11(19)14-7/h1-3,8-9,16-17H,4H2,(H,14,18,19). The maximum absolute atomic E-state index is 11.5. The largest absolute Gasteiger partial charge is 0.390 e. The van der Waals surface area contributed by atoms with Crippen LogP contribution >= 0.6 is 0 Å². The van der Waals surface area contributed by atoms with Crippen LogP contribution in [0.15, 0.2) is 23.3 Å². The van der Waals surface area contributed by atoms with Crippen molar-refractivity contribution in [2.24, 2.45) is 5.11 Å². The lowest BCUT2D eigenvalue weighted by Gasteiger charge is -2.16. The molecule has 1 aromatic carbocycles. The third-order valence-corrected chi connectivity index (χ3v) is 2.78. The van der Waals surface area contributed by atoms with Crippen molar-refractivity contribution in [3.63, 3.8) is 0 Å². The molecule has 8 heteroatoms. The summed E-state index contributed by atoms with van der Waals surface area (Å²) in [4.78, 5) is 25.1. The minimum atomic E-state index is -1.31. The minimum Gasteiger partial charge on any atom is -0.390 e. The number of anilines is 1. The second kappa shape index (κ2) is 5.07. The summed E-state index contributed by atoms with van der Waals surface area (Å²) >= 11 is 0. The Labute approximate surface area is 107 Å². The zero-order valence-electron chi connectivity index (χ0n) is 9.65. The summed E-state index contributed by atoms with van der Waals surface area (Å²) in [6.45, 7) is -0.292. The normalized spacial score (nSPS) is 16.3. The van der Waals surface area contributed by atoms with Gasteiger partial charge in [-0.05, 0) is 23.2 Å². The molecule has 2 unspecified atom stereocenters. The first-order valence-corrected chi connectivity index (χ1v) is 5.41. The Morgan fingerprint density at radius 1 is 1.37 bits per heavy atom. The number of ketones is 1. The van der Waals surface area contributed by atoms with Gasteiger partial charge in [0.2, 0.25) is 0 Å². The Kier molecular flexibility index (Phi) is 3.48. The molecule has 0 aliphatic carbocycles. The van der Waals surface area contributed by atoms with Crippen molar-refractivity contribution in [2.75, 3.05) is 11.9 Å². The monoisotopic (exact) mass is 262 g/mol. The second-order valence-corrected chi connectivity index (χ2v) is 4.01. The zero-order valence-corrected chi connectivity index (χ0v) is 9.65. The number of aliphatic hydroxyl groups excluding tert-OH is 2. The topological polar surface area (TPSA) is 135 Å². The van der Waals surface area contributed by atoms with Crippen LogP contribution in [0.4, 0.5) is 5.69 Å². The maximum Gasteiger partial charge on any atom is 0.296 e. The molecule has 0 saturated carbocycles. The summed E-state index contributed by atoms with van der Waals surface area (Å²) in [7, 11) is 0. The molecule has 1 amide bonds. The van der Waals surface area contributed by atoms with Crippen LogP contribution in [-0.2, 0) is 4.79 Å². The summed E-state index contributed by atoms with van der Waals surface area (Å²) in [6, 6.07) is 4.28. The van der Waals surface area contributed by atoms with E-state index >= 15 is 0 Å². The molecule has 2 rings (SSSR count). The summed E-state index contributed by atoms with van der Waals surface area (Å²) in [5, 5.41) is 25.0. The lowest BCUT2D eigenvalue weighted by atomic mass is 10.0. The van der Waals surface area contributed by atoms with E-state index in [4.69, 9.17) is 5.53 Å². The Morgan fingerprint density at radius 3 is 2.79 bits per heavy atom. The third kappa shape index (κ3) is 2.41. The predicted octanol–water partition coefficient (Wildman–Crippen LogP) is 0.526. The first-order chi connectivity index (χ1) is 9.04. The fraction of sp³-hybridized carbons (Fsp3) is 0.273. The van der Waals surface area contributed by atoms with E-state index in [0.29, 0.717) is 5.69 Å². The molecule has 0 aromatic heterocycles. The van der Waals surface area contributed by atoms with Crippen molar-refractivity contribution < 1.29 is 19.8 Å². The van der Waals surface area contributed by atoms with E-state index < -0.39 is 23.9 Å². The Bertz CT molecular complexity index is 594. The van der Waals surface area contributed by atoms with Crippen LogP contribution in [0.25, 0.3) is 10.4 Å². The van der Waals surface area contributed by atoms with Crippen molar-refractivity contribution in [1.82, 2.24) is 0 Å². The molecule has 0 saturated heterocycles. The highest BCUT2D eigenvalue weighted by Gasteiger charge is 2.29. The Morgan fingerprint density at radius 2 is 2.11 bits per heavy atom. The van der Waals surface area contributed by atoms with Gasteiger partial charge in [-0.25, -0.2) is 0 Å². The van der Waals surface area contributed by atoms with Gasteiger partial charge in [0, 0.05) is 4.91 Å².